The number of para-hydroxylation sites is 1. The number of furan rings is 1. The number of nitrogens with one attached hydrogen (secondary N) is 1. The summed E-state index contributed by atoms with van der Waals surface area (Å²) in [6, 6.07) is 17.3. The number of aryl methyl sites for hydroxylation is 1. The quantitative estimate of drug-likeness (QED) is 0.418. The topological polar surface area (TPSA) is 75.4 Å². The molecule has 0 saturated carbocycles. The summed E-state index contributed by atoms with van der Waals surface area (Å²) in [6.07, 6.45) is 2.34. The second-order valence-corrected chi connectivity index (χ2v) is 9.72. The molecule has 7 heteroatoms. The first kappa shape index (κ1) is 22.3. The molecule has 0 aliphatic carbocycles. The van der Waals surface area contributed by atoms with Crippen LogP contribution in [-0.2, 0) is 6.42 Å². The molecule has 1 aromatic carbocycles. The zero-order valence-corrected chi connectivity index (χ0v) is 19.9. The fraction of sp³-hybridized carbons (Fsp3) is 0.296. The third-order valence-electron chi connectivity index (χ3n) is 6.35. The Morgan fingerprint density at radius 3 is 2.71 bits per heavy atom. The fourth-order valence-electron chi connectivity index (χ4n) is 4.53. The number of hydrogen-bond donors (Lipinski definition) is 1. The molecule has 6 nitrogen and oxygen atoms in total. The molecule has 174 valence electrons. The van der Waals surface area contributed by atoms with Crippen molar-refractivity contribution < 1.29 is 14.0 Å². The van der Waals surface area contributed by atoms with E-state index in [1.54, 1.807) is 11.3 Å². The van der Waals surface area contributed by atoms with Crippen LogP contribution in [0.2, 0.25) is 0 Å². The third-order valence-corrected chi connectivity index (χ3v) is 7.29. The summed E-state index contributed by atoms with van der Waals surface area (Å²) in [7, 11) is 0. The van der Waals surface area contributed by atoms with Crippen molar-refractivity contribution in [1.29, 1.82) is 0 Å². The minimum absolute atomic E-state index is 0.0835. The lowest BCUT2D eigenvalue weighted by Crippen LogP contribution is -2.38. The van der Waals surface area contributed by atoms with E-state index in [2.05, 4.69) is 11.4 Å². The number of likely N-dealkylation sites (tertiary alicyclic amines) is 1. The average molecular weight is 474 g/mol. The van der Waals surface area contributed by atoms with Crippen molar-refractivity contribution in [2.45, 2.75) is 32.1 Å². The number of benzene rings is 1. The van der Waals surface area contributed by atoms with Crippen LogP contribution in [0.15, 0.2) is 64.4 Å². The van der Waals surface area contributed by atoms with Crippen LogP contribution in [0.1, 0.15) is 55.9 Å². The maximum Gasteiger partial charge on any atom is 0.289 e. The maximum atomic E-state index is 13.0. The van der Waals surface area contributed by atoms with E-state index in [0.29, 0.717) is 31.0 Å². The molecule has 1 aliphatic rings. The smallest absolute Gasteiger partial charge is 0.289 e. The molecule has 1 aliphatic heterocycles. The molecular weight excluding hydrogens is 446 g/mol. The predicted octanol–water partition coefficient (Wildman–Crippen LogP) is 5.19. The Hall–Kier alpha value is -3.45. The van der Waals surface area contributed by atoms with Gasteiger partial charge in [0, 0.05) is 41.5 Å². The standard InChI is InChI=1S/C27H27N3O3S/c1-18-8-9-22(26(31)28-13-10-21-6-4-16-34-21)25(29-18)19-11-14-30(15-12-19)27(32)24-17-20-5-2-3-7-23(20)33-24/h2-9,16-17,19H,10-15H2,1H3,(H,28,31). The molecular formula is C27H27N3O3S. The zero-order valence-electron chi connectivity index (χ0n) is 19.1. The van der Waals surface area contributed by atoms with Gasteiger partial charge < -0.3 is 14.6 Å². The van der Waals surface area contributed by atoms with Crippen molar-refractivity contribution in [2.24, 2.45) is 0 Å². The summed E-state index contributed by atoms with van der Waals surface area (Å²) >= 11 is 1.70. The largest absolute Gasteiger partial charge is 0.451 e. The lowest BCUT2D eigenvalue weighted by Gasteiger charge is -2.32. The molecule has 0 atom stereocenters. The van der Waals surface area contributed by atoms with Gasteiger partial charge in [0.2, 0.25) is 0 Å². The molecule has 0 radical (unpaired) electrons. The van der Waals surface area contributed by atoms with E-state index in [9.17, 15) is 9.59 Å². The second-order valence-electron chi connectivity index (χ2n) is 8.69. The predicted molar refractivity (Wildman–Crippen MR) is 133 cm³/mol. The number of pyridine rings is 1. The lowest BCUT2D eigenvalue weighted by atomic mass is 9.89. The van der Waals surface area contributed by atoms with Crippen LogP contribution >= 0.6 is 11.3 Å². The first-order valence-electron chi connectivity index (χ1n) is 11.6. The molecule has 4 aromatic rings. The average Bonchev–Trinajstić information content (AvgIpc) is 3.53. The van der Waals surface area contributed by atoms with Gasteiger partial charge >= 0.3 is 0 Å². The summed E-state index contributed by atoms with van der Waals surface area (Å²) < 4.78 is 5.77. The van der Waals surface area contributed by atoms with Gasteiger partial charge in [-0.1, -0.05) is 24.3 Å². The number of aromatic nitrogens is 1. The number of fused-ring (bicyclic) bond motifs is 1. The molecule has 0 bridgehead atoms. The second kappa shape index (κ2) is 9.81. The highest BCUT2D eigenvalue weighted by Gasteiger charge is 2.29. The molecule has 2 amide bonds. The molecule has 3 aromatic heterocycles. The van der Waals surface area contributed by atoms with Gasteiger partial charge in [-0.05, 0) is 61.9 Å². The fourth-order valence-corrected chi connectivity index (χ4v) is 5.24. The van der Waals surface area contributed by atoms with Gasteiger partial charge in [0.1, 0.15) is 5.58 Å². The van der Waals surface area contributed by atoms with Gasteiger partial charge in [-0.25, -0.2) is 0 Å². The zero-order chi connectivity index (χ0) is 23.5. The number of nitrogens with zero attached hydrogens (tertiary/aromatic N) is 2. The van der Waals surface area contributed by atoms with Crippen LogP contribution in [0.5, 0.6) is 0 Å². The number of hydrogen-bond acceptors (Lipinski definition) is 5. The first-order valence-corrected chi connectivity index (χ1v) is 12.5. The highest BCUT2D eigenvalue weighted by atomic mass is 32.1. The van der Waals surface area contributed by atoms with Crippen LogP contribution in [0.25, 0.3) is 11.0 Å². The van der Waals surface area contributed by atoms with Crippen molar-refractivity contribution in [2.75, 3.05) is 19.6 Å². The Morgan fingerprint density at radius 1 is 1.12 bits per heavy atom. The number of amides is 2. The Labute approximate surface area is 202 Å². The molecule has 5 rings (SSSR count). The van der Waals surface area contributed by atoms with E-state index in [1.807, 2.05) is 65.7 Å². The van der Waals surface area contributed by atoms with E-state index in [1.165, 1.54) is 4.88 Å². The summed E-state index contributed by atoms with van der Waals surface area (Å²) in [6.45, 7) is 3.75. The molecule has 1 fully saturated rings. The van der Waals surface area contributed by atoms with Gasteiger partial charge in [-0.3, -0.25) is 14.6 Å². The van der Waals surface area contributed by atoms with Crippen LogP contribution in [0, 0.1) is 6.92 Å². The lowest BCUT2D eigenvalue weighted by molar-refractivity contribution is 0.0681. The summed E-state index contributed by atoms with van der Waals surface area (Å²) in [5, 5.41) is 6.02. The molecule has 4 heterocycles. The number of carbonyl (C=O) groups is 2. The Morgan fingerprint density at radius 2 is 1.94 bits per heavy atom. The van der Waals surface area contributed by atoms with E-state index >= 15 is 0 Å². The van der Waals surface area contributed by atoms with Gasteiger partial charge in [0.05, 0.1) is 11.3 Å². The van der Waals surface area contributed by atoms with Crippen LogP contribution in [-0.4, -0.2) is 41.3 Å². The van der Waals surface area contributed by atoms with Crippen molar-refractivity contribution in [1.82, 2.24) is 15.2 Å². The normalized spacial score (nSPS) is 14.4. The Kier molecular flexibility index (Phi) is 6.45. The number of piperidine rings is 1. The molecule has 1 N–H and O–H groups in total. The van der Waals surface area contributed by atoms with Crippen molar-refractivity contribution >= 4 is 34.1 Å². The number of thiophene rings is 1. The first-order chi connectivity index (χ1) is 16.6. The van der Waals surface area contributed by atoms with Gasteiger partial charge in [-0.15, -0.1) is 11.3 Å². The van der Waals surface area contributed by atoms with Gasteiger partial charge in [-0.2, -0.15) is 0 Å². The van der Waals surface area contributed by atoms with Crippen molar-refractivity contribution in [3.63, 3.8) is 0 Å². The van der Waals surface area contributed by atoms with E-state index in [4.69, 9.17) is 9.40 Å². The minimum Gasteiger partial charge on any atom is -0.451 e. The SMILES string of the molecule is Cc1ccc(C(=O)NCCc2cccs2)c(C2CCN(C(=O)c3cc4ccccc4o3)CC2)n1. The summed E-state index contributed by atoms with van der Waals surface area (Å²) in [4.78, 5) is 33.8. The highest BCUT2D eigenvalue weighted by molar-refractivity contribution is 7.09. The van der Waals surface area contributed by atoms with E-state index < -0.39 is 0 Å². The van der Waals surface area contributed by atoms with E-state index in [-0.39, 0.29) is 17.7 Å². The summed E-state index contributed by atoms with van der Waals surface area (Å²) in [5.74, 6) is 0.343. The van der Waals surface area contributed by atoms with E-state index in [0.717, 1.165) is 41.6 Å². The maximum absolute atomic E-state index is 13.0. The molecule has 34 heavy (non-hydrogen) atoms. The summed E-state index contributed by atoms with van der Waals surface area (Å²) in [5.41, 5.74) is 3.09. The molecule has 0 spiro atoms. The van der Waals surface area contributed by atoms with Crippen molar-refractivity contribution in [3.05, 3.63) is 87.6 Å². The van der Waals surface area contributed by atoms with Crippen LogP contribution < -0.4 is 5.32 Å². The third kappa shape index (κ3) is 4.75. The Bertz CT molecular complexity index is 1270. The number of carbonyl (C=O) groups excluding carboxylic acids is 2. The number of rotatable bonds is 6. The van der Waals surface area contributed by atoms with Crippen LogP contribution in [0.3, 0.4) is 0 Å². The molecule has 1 saturated heterocycles. The monoisotopic (exact) mass is 473 g/mol. The molecule has 0 unspecified atom stereocenters. The van der Waals surface area contributed by atoms with Gasteiger partial charge in [0.25, 0.3) is 11.8 Å². The Balaban J connectivity index is 1.24. The van der Waals surface area contributed by atoms with Gasteiger partial charge in [0.15, 0.2) is 5.76 Å². The highest BCUT2D eigenvalue weighted by Crippen LogP contribution is 2.31. The minimum atomic E-state index is -0.0848. The van der Waals surface area contributed by atoms with Crippen LogP contribution in [0.4, 0.5) is 0 Å². The van der Waals surface area contributed by atoms with Crippen molar-refractivity contribution in [3.8, 4) is 0 Å².